The number of aromatic nitrogens is 4. The highest BCUT2D eigenvalue weighted by Crippen LogP contribution is 2.32. The molecule has 10 nitrogen and oxygen atoms in total. The van der Waals surface area contributed by atoms with E-state index >= 15 is 0 Å². The highest BCUT2D eigenvalue weighted by atomic mass is 19.3. The number of pyridine rings is 1. The fourth-order valence-electron chi connectivity index (χ4n) is 3.54. The first-order valence-corrected chi connectivity index (χ1v) is 9.45. The van der Waals surface area contributed by atoms with Crippen molar-refractivity contribution in [3.63, 3.8) is 0 Å². The molecule has 30 heavy (non-hydrogen) atoms. The average Bonchev–Trinajstić information content (AvgIpc) is 3.13. The standard InChI is InChI=1S/C18H21F2N7O3/c1-9-7-29-8-10(2)27(9)17-24-15(12-6-22-13(21)5-11(12)14(19)20)23-16(25-17)26-3-4-30-18(26)28/h5-6,9-10,14H,3-4,7-8H2,1-2H3,(H2,21,22)/t9-,10+. The molecule has 0 bridgehead atoms. The SMILES string of the molecule is C[C@@H]1COC[C@H](C)N1c1nc(-c2cnc(N)cc2C(F)F)nc(N2CCOC2=O)n1. The summed E-state index contributed by atoms with van der Waals surface area (Å²) >= 11 is 0. The van der Waals surface area contributed by atoms with Crippen LogP contribution in [-0.2, 0) is 9.47 Å². The van der Waals surface area contributed by atoms with E-state index in [-0.39, 0.29) is 59.9 Å². The molecule has 2 aromatic rings. The first-order valence-electron chi connectivity index (χ1n) is 9.45. The van der Waals surface area contributed by atoms with Crippen molar-refractivity contribution in [2.24, 2.45) is 0 Å². The van der Waals surface area contributed by atoms with Crippen LogP contribution in [0.5, 0.6) is 0 Å². The van der Waals surface area contributed by atoms with E-state index in [1.807, 2.05) is 18.7 Å². The summed E-state index contributed by atoms with van der Waals surface area (Å²) in [6, 6.07) is 0.954. The Hall–Kier alpha value is -3.15. The van der Waals surface area contributed by atoms with E-state index in [0.717, 1.165) is 6.07 Å². The van der Waals surface area contributed by atoms with Crippen molar-refractivity contribution < 1.29 is 23.0 Å². The van der Waals surface area contributed by atoms with Gasteiger partial charge in [-0.1, -0.05) is 0 Å². The van der Waals surface area contributed by atoms with Crippen LogP contribution in [0.3, 0.4) is 0 Å². The molecular formula is C18H21F2N7O3. The van der Waals surface area contributed by atoms with Gasteiger partial charge in [-0.3, -0.25) is 0 Å². The number of carbonyl (C=O) groups is 1. The molecule has 2 aliphatic rings. The molecule has 2 aromatic heterocycles. The van der Waals surface area contributed by atoms with Gasteiger partial charge in [0.2, 0.25) is 11.9 Å². The number of carbonyl (C=O) groups excluding carboxylic acids is 1. The van der Waals surface area contributed by atoms with Crippen LogP contribution in [0.1, 0.15) is 25.8 Å². The second kappa shape index (κ2) is 7.94. The molecule has 2 saturated heterocycles. The lowest BCUT2D eigenvalue weighted by Gasteiger charge is -2.39. The Morgan fingerprint density at radius 2 is 1.87 bits per heavy atom. The van der Waals surface area contributed by atoms with E-state index in [0.29, 0.717) is 13.2 Å². The molecule has 2 fully saturated rings. The Labute approximate surface area is 171 Å². The number of nitrogens with two attached hydrogens (primary N) is 1. The molecule has 0 unspecified atom stereocenters. The second-order valence-corrected chi connectivity index (χ2v) is 7.16. The Morgan fingerprint density at radius 3 is 2.50 bits per heavy atom. The van der Waals surface area contributed by atoms with Gasteiger partial charge in [-0.25, -0.2) is 23.5 Å². The van der Waals surface area contributed by atoms with Crippen LogP contribution in [0, 0.1) is 0 Å². The van der Waals surface area contributed by atoms with Gasteiger partial charge in [0.25, 0.3) is 6.43 Å². The van der Waals surface area contributed by atoms with Gasteiger partial charge >= 0.3 is 6.09 Å². The van der Waals surface area contributed by atoms with Gasteiger partial charge in [-0.15, -0.1) is 0 Å². The minimum Gasteiger partial charge on any atom is -0.447 e. The highest BCUT2D eigenvalue weighted by molar-refractivity contribution is 5.87. The minimum atomic E-state index is -2.81. The summed E-state index contributed by atoms with van der Waals surface area (Å²) in [4.78, 5) is 32.4. The maximum atomic E-state index is 13.7. The lowest BCUT2D eigenvalue weighted by molar-refractivity contribution is 0.0747. The number of ether oxygens (including phenoxy) is 2. The van der Waals surface area contributed by atoms with E-state index in [9.17, 15) is 13.6 Å². The van der Waals surface area contributed by atoms with Crippen molar-refractivity contribution >= 4 is 23.8 Å². The van der Waals surface area contributed by atoms with Crippen molar-refractivity contribution in [3.05, 3.63) is 17.8 Å². The summed E-state index contributed by atoms with van der Waals surface area (Å²) in [5.74, 6) is 0.223. The van der Waals surface area contributed by atoms with Gasteiger partial charge in [-0.05, 0) is 19.9 Å². The fourth-order valence-corrected chi connectivity index (χ4v) is 3.54. The number of morpholine rings is 1. The summed E-state index contributed by atoms with van der Waals surface area (Å²) < 4.78 is 37.9. The first kappa shape index (κ1) is 20.1. The summed E-state index contributed by atoms with van der Waals surface area (Å²) in [7, 11) is 0. The van der Waals surface area contributed by atoms with Crippen LogP contribution in [0.15, 0.2) is 12.3 Å². The van der Waals surface area contributed by atoms with Gasteiger partial charge in [0, 0.05) is 17.3 Å². The molecular weight excluding hydrogens is 400 g/mol. The van der Waals surface area contributed by atoms with Gasteiger partial charge < -0.3 is 20.1 Å². The van der Waals surface area contributed by atoms with Crippen molar-refractivity contribution in [2.75, 3.05) is 41.9 Å². The maximum Gasteiger partial charge on any atom is 0.416 e. The van der Waals surface area contributed by atoms with Gasteiger partial charge in [-0.2, -0.15) is 15.0 Å². The topological polar surface area (TPSA) is 120 Å². The summed E-state index contributed by atoms with van der Waals surface area (Å²) in [5, 5.41) is 0. The molecule has 2 aliphatic heterocycles. The fraction of sp³-hybridized carbons (Fsp3) is 0.500. The number of amides is 1. The molecule has 0 spiro atoms. The number of anilines is 3. The monoisotopic (exact) mass is 421 g/mol. The second-order valence-electron chi connectivity index (χ2n) is 7.16. The molecule has 1 amide bonds. The molecule has 2 N–H and O–H groups in total. The van der Waals surface area contributed by atoms with Crippen LogP contribution >= 0.6 is 0 Å². The summed E-state index contributed by atoms with van der Waals surface area (Å²) in [6.07, 6.45) is -2.22. The van der Waals surface area contributed by atoms with Crippen molar-refractivity contribution in [1.82, 2.24) is 19.9 Å². The molecule has 160 valence electrons. The van der Waals surface area contributed by atoms with E-state index < -0.39 is 12.5 Å². The molecule has 0 saturated carbocycles. The smallest absolute Gasteiger partial charge is 0.416 e. The van der Waals surface area contributed by atoms with E-state index in [2.05, 4.69) is 19.9 Å². The third-order valence-corrected chi connectivity index (χ3v) is 4.95. The maximum absolute atomic E-state index is 13.7. The minimum absolute atomic E-state index is 0.0187. The van der Waals surface area contributed by atoms with Crippen molar-refractivity contribution in [3.8, 4) is 11.4 Å². The van der Waals surface area contributed by atoms with E-state index in [1.165, 1.54) is 11.1 Å². The number of cyclic esters (lactones) is 1. The van der Waals surface area contributed by atoms with Gasteiger partial charge in [0.05, 0.1) is 31.8 Å². The van der Waals surface area contributed by atoms with Gasteiger partial charge in [0.15, 0.2) is 5.82 Å². The predicted octanol–water partition coefficient (Wildman–Crippen LogP) is 2.02. The molecule has 0 radical (unpaired) electrons. The first-order chi connectivity index (χ1) is 14.3. The molecule has 0 aliphatic carbocycles. The van der Waals surface area contributed by atoms with Crippen LogP contribution < -0.4 is 15.5 Å². The van der Waals surface area contributed by atoms with Crippen LogP contribution in [0.25, 0.3) is 11.4 Å². The van der Waals surface area contributed by atoms with Crippen LogP contribution in [0.4, 0.5) is 31.3 Å². The lowest BCUT2D eigenvalue weighted by atomic mass is 10.1. The highest BCUT2D eigenvalue weighted by Gasteiger charge is 2.32. The zero-order chi connectivity index (χ0) is 21.4. The molecule has 4 heterocycles. The Bertz CT molecular complexity index is 951. The number of halogens is 2. The third-order valence-electron chi connectivity index (χ3n) is 4.95. The molecule has 2 atom stereocenters. The Morgan fingerprint density at radius 1 is 1.17 bits per heavy atom. The average molecular weight is 421 g/mol. The number of nitrogens with zero attached hydrogens (tertiary/aromatic N) is 6. The van der Waals surface area contributed by atoms with Crippen molar-refractivity contribution in [2.45, 2.75) is 32.4 Å². The molecule has 4 rings (SSSR count). The number of nitrogen functional groups attached to an aromatic ring is 1. The summed E-state index contributed by atoms with van der Waals surface area (Å²) in [6.45, 7) is 5.23. The number of hydrogen-bond acceptors (Lipinski definition) is 9. The van der Waals surface area contributed by atoms with Gasteiger partial charge in [0.1, 0.15) is 12.4 Å². The number of hydrogen-bond donors (Lipinski definition) is 1. The largest absolute Gasteiger partial charge is 0.447 e. The normalized spacial score (nSPS) is 22.0. The molecule has 12 heteroatoms. The Kier molecular flexibility index (Phi) is 5.33. The third kappa shape index (κ3) is 3.70. The van der Waals surface area contributed by atoms with E-state index in [4.69, 9.17) is 15.2 Å². The number of alkyl halides is 2. The quantitative estimate of drug-likeness (QED) is 0.790. The predicted molar refractivity (Wildman–Crippen MR) is 103 cm³/mol. The number of rotatable bonds is 4. The van der Waals surface area contributed by atoms with Crippen LogP contribution in [-0.4, -0.2) is 64.5 Å². The van der Waals surface area contributed by atoms with E-state index in [1.54, 1.807) is 0 Å². The zero-order valence-electron chi connectivity index (χ0n) is 16.5. The van der Waals surface area contributed by atoms with Crippen LogP contribution in [0.2, 0.25) is 0 Å². The lowest BCUT2D eigenvalue weighted by Crippen LogP contribution is -2.50. The summed E-state index contributed by atoms with van der Waals surface area (Å²) in [5.41, 5.74) is 5.25. The van der Waals surface area contributed by atoms with Crippen molar-refractivity contribution in [1.29, 1.82) is 0 Å². The molecule has 0 aromatic carbocycles. The zero-order valence-corrected chi connectivity index (χ0v) is 16.5. The Balaban J connectivity index is 1.87.